The molecule has 0 radical (unpaired) electrons. The van der Waals surface area contributed by atoms with Crippen LogP contribution in [0, 0.1) is 6.92 Å². The average Bonchev–Trinajstić information content (AvgIpc) is 2.55. The van der Waals surface area contributed by atoms with Crippen molar-refractivity contribution in [3.05, 3.63) is 75.6 Å². The minimum absolute atomic E-state index is 0.00388. The summed E-state index contributed by atoms with van der Waals surface area (Å²) in [5.74, 6) is 1.44. The molecular formula is C19H18O3. The lowest BCUT2D eigenvalue weighted by molar-refractivity contribution is 0.304. The van der Waals surface area contributed by atoms with Crippen LogP contribution in [0.15, 0.2) is 57.7 Å². The van der Waals surface area contributed by atoms with Crippen LogP contribution in [0.5, 0.6) is 5.75 Å². The number of ether oxygens (including phenoxy) is 1. The second kappa shape index (κ2) is 6.06. The van der Waals surface area contributed by atoms with Gasteiger partial charge >= 0.3 is 0 Å². The fourth-order valence-electron chi connectivity index (χ4n) is 2.45. The maximum atomic E-state index is 12.1. The lowest BCUT2D eigenvalue weighted by atomic mass is 10.1. The Bertz CT molecular complexity index is 848. The van der Waals surface area contributed by atoms with Crippen molar-refractivity contribution < 1.29 is 9.15 Å². The number of fused-ring (bicyclic) bond motifs is 1. The van der Waals surface area contributed by atoms with E-state index in [1.54, 1.807) is 12.1 Å². The molecule has 0 aliphatic rings. The molecule has 1 heterocycles. The van der Waals surface area contributed by atoms with Gasteiger partial charge in [0.15, 0.2) is 5.43 Å². The van der Waals surface area contributed by atoms with Gasteiger partial charge in [-0.15, -0.1) is 0 Å². The molecule has 0 fully saturated rings. The second-order valence-corrected chi connectivity index (χ2v) is 5.27. The van der Waals surface area contributed by atoms with Crippen molar-refractivity contribution in [1.29, 1.82) is 0 Å². The molecule has 1 aromatic heterocycles. The van der Waals surface area contributed by atoms with E-state index in [4.69, 9.17) is 9.15 Å². The van der Waals surface area contributed by atoms with Crippen molar-refractivity contribution in [3.8, 4) is 5.75 Å². The van der Waals surface area contributed by atoms with Crippen LogP contribution in [0.25, 0.3) is 11.0 Å². The van der Waals surface area contributed by atoms with Gasteiger partial charge in [-0.3, -0.25) is 4.79 Å². The quantitative estimate of drug-likeness (QED) is 0.722. The summed E-state index contributed by atoms with van der Waals surface area (Å²) >= 11 is 0. The third-order valence-corrected chi connectivity index (χ3v) is 3.73. The standard InChI is InChI=1S/C19H18O3/c1-3-15-11-17(20)16-9-10-18(13(2)19(16)22-15)21-12-14-7-5-4-6-8-14/h4-11H,3,12H2,1-2H3. The zero-order valence-corrected chi connectivity index (χ0v) is 12.8. The number of rotatable bonds is 4. The van der Waals surface area contributed by atoms with Crippen molar-refractivity contribution in [2.24, 2.45) is 0 Å². The minimum atomic E-state index is -0.00388. The molecule has 3 nitrogen and oxygen atoms in total. The van der Waals surface area contributed by atoms with Crippen molar-refractivity contribution in [1.82, 2.24) is 0 Å². The van der Waals surface area contributed by atoms with Crippen molar-refractivity contribution >= 4 is 11.0 Å². The third-order valence-electron chi connectivity index (χ3n) is 3.73. The predicted octanol–water partition coefficient (Wildman–Crippen LogP) is 4.24. The Morgan fingerprint density at radius 3 is 2.59 bits per heavy atom. The Balaban J connectivity index is 1.97. The smallest absolute Gasteiger partial charge is 0.192 e. The van der Waals surface area contributed by atoms with Gasteiger partial charge in [-0.2, -0.15) is 0 Å². The van der Waals surface area contributed by atoms with Gasteiger partial charge in [-0.1, -0.05) is 37.3 Å². The molecule has 0 N–H and O–H groups in total. The molecule has 0 atom stereocenters. The van der Waals surface area contributed by atoms with Crippen molar-refractivity contribution in [3.63, 3.8) is 0 Å². The summed E-state index contributed by atoms with van der Waals surface area (Å²) in [5, 5.41) is 0.599. The first kappa shape index (κ1) is 14.4. The summed E-state index contributed by atoms with van der Waals surface area (Å²) in [6.45, 7) is 4.38. The summed E-state index contributed by atoms with van der Waals surface area (Å²) in [6.07, 6.45) is 0.694. The first-order chi connectivity index (χ1) is 10.7. The van der Waals surface area contributed by atoms with Crippen LogP contribution in [-0.4, -0.2) is 0 Å². The van der Waals surface area contributed by atoms with Crippen LogP contribution in [0.3, 0.4) is 0 Å². The molecule has 0 aliphatic carbocycles. The highest BCUT2D eigenvalue weighted by molar-refractivity contribution is 5.81. The summed E-state index contributed by atoms with van der Waals surface area (Å²) < 4.78 is 11.7. The van der Waals surface area contributed by atoms with E-state index in [0.29, 0.717) is 29.8 Å². The highest BCUT2D eigenvalue weighted by Gasteiger charge is 2.11. The molecule has 0 saturated carbocycles. The van der Waals surface area contributed by atoms with E-state index in [1.807, 2.05) is 50.2 Å². The van der Waals surface area contributed by atoms with Crippen LogP contribution in [0.4, 0.5) is 0 Å². The van der Waals surface area contributed by atoms with Crippen molar-refractivity contribution in [2.75, 3.05) is 0 Å². The molecule has 0 unspecified atom stereocenters. The summed E-state index contributed by atoms with van der Waals surface area (Å²) in [7, 11) is 0. The Morgan fingerprint density at radius 2 is 1.86 bits per heavy atom. The molecule has 3 rings (SSSR count). The van der Waals surface area contributed by atoms with E-state index in [-0.39, 0.29) is 5.43 Å². The van der Waals surface area contributed by atoms with Gasteiger partial charge in [0.05, 0.1) is 5.39 Å². The molecule has 0 amide bonds. The summed E-state index contributed by atoms with van der Waals surface area (Å²) in [5.41, 5.74) is 2.58. The van der Waals surface area contributed by atoms with Crippen LogP contribution in [-0.2, 0) is 13.0 Å². The molecular weight excluding hydrogens is 276 g/mol. The van der Waals surface area contributed by atoms with Crippen molar-refractivity contribution in [2.45, 2.75) is 26.9 Å². The lowest BCUT2D eigenvalue weighted by Gasteiger charge is -2.11. The Labute approximate surface area is 129 Å². The van der Waals surface area contributed by atoms with Gasteiger partial charge < -0.3 is 9.15 Å². The molecule has 2 aromatic carbocycles. The highest BCUT2D eigenvalue weighted by Crippen LogP contribution is 2.27. The fraction of sp³-hybridized carbons (Fsp3) is 0.211. The molecule has 0 saturated heterocycles. The van der Waals surface area contributed by atoms with Gasteiger partial charge in [0.2, 0.25) is 0 Å². The van der Waals surface area contributed by atoms with E-state index in [2.05, 4.69) is 0 Å². The second-order valence-electron chi connectivity index (χ2n) is 5.27. The fourth-order valence-corrected chi connectivity index (χ4v) is 2.45. The highest BCUT2D eigenvalue weighted by atomic mass is 16.5. The van der Waals surface area contributed by atoms with E-state index >= 15 is 0 Å². The monoisotopic (exact) mass is 294 g/mol. The Kier molecular flexibility index (Phi) is 3.96. The minimum Gasteiger partial charge on any atom is -0.488 e. The molecule has 0 bridgehead atoms. The maximum Gasteiger partial charge on any atom is 0.192 e. The first-order valence-corrected chi connectivity index (χ1v) is 7.42. The van der Waals surface area contributed by atoms with Gasteiger partial charge in [-0.05, 0) is 24.6 Å². The van der Waals surface area contributed by atoms with Gasteiger partial charge in [0, 0.05) is 18.1 Å². The lowest BCUT2D eigenvalue weighted by Crippen LogP contribution is -2.04. The molecule has 0 aliphatic heterocycles. The Morgan fingerprint density at radius 1 is 1.09 bits per heavy atom. The van der Waals surface area contributed by atoms with E-state index in [1.165, 1.54) is 0 Å². The van der Waals surface area contributed by atoms with Crippen LogP contribution in [0.2, 0.25) is 0 Å². The van der Waals surface area contributed by atoms with Gasteiger partial charge in [0.25, 0.3) is 0 Å². The van der Waals surface area contributed by atoms with E-state index < -0.39 is 0 Å². The average molecular weight is 294 g/mol. The molecule has 22 heavy (non-hydrogen) atoms. The summed E-state index contributed by atoms with van der Waals surface area (Å²) in [6, 6.07) is 15.2. The third kappa shape index (κ3) is 2.75. The van der Waals surface area contributed by atoms with Crippen LogP contribution < -0.4 is 10.2 Å². The first-order valence-electron chi connectivity index (χ1n) is 7.42. The van der Waals surface area contributed by atoms with E-state index in [0.717, 1.165) is 16.9 Å². The number of hydrogen-bond donors (Lipinski definition) is 0. The topological polar surface area (TPSA) is 39.4 Å². The predicted molar refractivity (Wildman–Crippen MR) is 87.4 cm³/mol. The zero-order valence-electron chi connectivity index (χ0n) is 12.8. The molecule has 112 valence electrons. The molecule has 3 heteroatoms. The van der Waals surface area contributed by atoms with Crippen LogP contribution >= 0.6 is 0 Å². The molecule has 3 aromatic rings. The van der Waals surface area contributed by atoms with Gasteiger partial charge in [0.1, 0.15) is 23.7 Å². The normalized spacial score (nSPS) is 10.8. The largest absolute Gasteiger partial charge is 0.488 e. The number of benzene rings is 2. The van der Waals surface area contributed by atoms with Crippen LogP contribution in [0.1, 0.15) is 23.8 Å². The summed E-state index contributed by atoms with van der Waals surface area (Å²) in [4.78, 5) is 12.1. The SMILES string of the molecule is CCc1cc(=O)c2ccc(OCc3ccccc3)c(C)c2o1. The number of aryl methyl sites for hydroxylation is 2. The Hall–Kier alpha value is -2.55. The van der Waals surface area contributed by atoms with E-state index in [9.17, 15) is 4.79 Å². The molecule has 0 spiro atoms. The van der Waals surface area contributed by atoms with Gasteiger partial charge in [-0.25, -0.2) is 0 Å². The zero-order chi connectivity index (χ0) is 15.5. The maximum absolute atomic E-state index is 12.1. The number of hydrogen-bond acceptors (Lipinski definition) is 3.